The van der Waals surface area contributed by atoms with Crippen LogP contribution in [-0.2, 0) is 0 Å². The van der Waals surface area contributed by atoms with Crippen LogP contribution in [-0.4, -0.2) is 19.2 Å². The van der Waals surface area contributed by atoms with Crippen LogP contribution >= 0.6 is 0 Å². The molecule has 0 fully saturated rings. The van der Waals surface area contributed by atoms with Crippen LogP contribution in [0.15, 0.2) is 24.3 Å². The summed E-state index contributed by atoms with van der Waals surface area (Å²) in [5.74, 6) is 1.30. The van der Waals surface area contributed by atoms with E-state index in [2.05, 4.69) is 24.5 Å². The fraction of sp³-hybridized carbons (Fsp3) is 0.533. The van der Waals surface area contributed by atoms with E-state index in [9.17, 15) is 4.79 Å². The molecule has 0 heterocycles. The number of benzene rings is 1. The number of ether oxygens (including phenoxy) is 1. The normalized spacial score (nSPS) is 12.1. The van der Waals surface area contributed by atoms with E-state index in [0.29, 0.717) is 19.1 Å². The van der Waals surface area contributed by atoms with Gasteiger partial charge in [-0.1, -0.05) is 26.0 Å². The first-order valence-corrected chi connectivity index (χ1v) is 6.80. The summed E-state index contributed by atoms with van der Waals surface area (Å²) in [5, 5.41) is 5.75. The first-order chi connectivity index (χ1) is 9.02. The Balaban J connectivity index is 2.48. The second-order valence-electron chi connectivity index (χ2n) is 4.97. The molecule has 106 valence electrons. The van der Waals surface area contributed by atoms with E-state index in [1.807, 2.05) is 38.1 Å². The van der Waals surface area contributed by atoms with Gasteiger partial charge in [0.1, 0.15) is 5.75 Å². The number of carbonyl (C=O) groups is 1. The van der Waals surface area contributed by atoms with Crippen LogP contribution in [0.4, 0.5) is 4.79 Å². The topological polar surface area (TPSA) is 50.4 Å². The van der Waals surface area contributed by atoms with Gasteiger partial charge in [-0.3, -0.25) is 0 Å². The quantitative estimate of drug-likeness (QED) is 0.829. The lowest BCUT2D eigenvalue weighted by atomic mass is 10.1. The average Bonchev–Trinajstić information content (AvgIpc) is 2.37. The molecule has 0 saturated heterocycles. The van der Waals surface area contributed by atoms with Crippen LogP contribution < -0.4 is 15.4 Å². The molecule has 0 aliphatic rings. The maximum atomic E-state index is 11.7. The lowest BCUT2D eigenvalue weighted by Gasteiger charge is -2.16. The van der Waals surface area contributed by atoms with Crippen LogP contribution in [0.3, 0.4) is 0 Å². The van der Waals surface area contributed by atoms with Gasteiger partial charge < -0.3 is 15.4 Å². The molecule has 1 aromatic rings. The van der Waals surface area contributed by atoms with Crippen molar-refractivity contribution in [3.05, 3.63) is 29.8 Å². The Hall–Kier alpha value is -1.71. The second-order valence-corrected chi connectivity index (χ2v) is 4.97. The largest absolute Gasteiger partial charge is 0.494 e. The molecule has 0 spiro atoms. The monoisotopic (exact) mass is 264 g/mol. The predicted molar refractivity (Wildman–Crippen MR) is 77.4 cm³/mol. The van der Waals surface area contributed by atoms with Crippen LogP contribution in [0.1, 0.15) is 39.3 Å². The molecule has 1 aromatic carbocycles. The van der Waals surface area contributed by atoms with Crippen molar-refractivity contribution < 1.29 is 9.53 Å². The summed E-state index contributed by atoms with van der Waals surface area (Å²) in [6.07, 6.45) is 0. The number of carbonyl (C=O) groups excluding carboxylic acids is 1. The fourth-order valence-corrected chi connectivity index (χ4v) is 1.65. The Morgan fingerprint density at radius 3 is 2.37 bits per heavy atom. The Morgan fingerprint density at radius 1 is 1.21 bits per heavy atom. The van der Waals surface area contributed by atoms with Gasteiger partial charge in [0, 0.05) is 6.54 Å². The summed E-state index contributed by atoms with van der Waals surface area (Å²) in [7, 11) is 0. The van der Waals surface area contributed by atoms with Gasteiger partial charge in [-0.15, -0.1) is 0 Å². The van der Waals surface area contributed by atoms with E-state index in [1.54, 1.807) is 0 Å². The molecular formula is C15H24N2O2. The van der Waals surface area contributed by atoms with Crippen molar-refractivity contribution in [3.63, 3.8) is 0 Å². The average molecular weight is 264 g/mol. The summed E-state index contributed by atoms with van der Waals surface area (Å²) >= 11 is 0. The molecule has 0 aliphatic heterocycles. The van der Waals surface area contributed by atoms with Crippen molar-refractivity contribution >= 4 is 6.03 Å². The second kappa shape index (κ2) is 7.67. The highest BCUT2D eigenvalue weighted by Crippen LogP contribution is 2.17. The van der Waals surface area contributed by atoms with Gasteiger partial charge in [-0.25, -0.2) is 4.79 Å². The lowest BCUT2D eigenvalue weighted by Crippen LogP contribution is -2.38. The first kappa shape index (κ1) is 15.3. The van der Waals surface area contributed by atoms with Crippen LogP contribution in [0.2, 0.25) is 0 Å². The molecule has 0 aliphatic carbocycles. The van der Waals surface area contributed by atoms with E-state index in [-0.39, 0.29) is 12.1 Å². The molecule has 4 heteroatoms. The van der Waals surface area contributed by atoms with Gasteiger partial charge in [-0.2, -0.15) is 0 Å². The number of nitrogens with one attached hydrogen (secondary N) is 2. The minimum absolute atomic E-state index is 0.0251. The van der Waals surface area contributed by atoms with Gasteiger partial charge in [-0.05, 0) is 37.5 Å². The third-order valence-electron chi connectivity index (χ3n) is 2.71. The summed E-state index contributed by atoms with van der Waals surface area (Å²) < 4.78 is 5.39. The van der Waals surface area contributed by atoms with Gasteiger partial charge >= 0.3 is 6.03 Å². The van der Waals surface area contributed by atoms with Crippen molar-refractivity contribution in [2.24, 2.45) is 5.92 Å². The maximum absolute atomic E-state index is 11.7. The first-order valence-electron chi connectivity index (χ1n) is 6.80. The summed E-state index contributed by atoms with van der Waals surface area (Å²) in [5.41, 5.74) is 1.06. The molecule has 2 N–H and O–H groups in total. The molecule has 0 saturated carbocycles. The fourth-order valence-electron chi connectivity index (χ4n) is 1.65. The Labute approximate surface area is 115 Å². The van der Waals surface area contributed by atoms with E-state index in [1.165, 1.54) is 0 Å². The van der Waals surface area contributed by atoms with Crippen LogP contribution in [0, 0.1) is 5.92 Å². The highest BCUT2D eigenvalue weighted by molar-refractivity contribution is 5.74. The Morgan fingerprint density at radius 2 is 1.84 bits per heavy atom. The van der Waals surface area contributed by atoms with E-state index in [4.69, 9.17) is 4.74 Å². The number of amides is 2. The Kier molecular flexibility index (Phi) is 6.19. The maximum Gasteiger partial charge on any atom is 0.315 e. The van der Waals surface area contributed by atoms with Crippen molar-refractivity contribution in [2.45, 2.75) is 33.7 Å². The molecule has 0 bridgehead atoms. The smallest absolute Gasteiger partial charge is 0.315 e. The minimum atomic E-state index is -0.130. The zero-order chi connectivity index (χ0) is 14.3. The molecule has 4 nitrogen and oxygen atoms in total. The van der Waals surface area contributed by atoms with Crippen molar-refractivity contribution in [1.82, 2.24) is 10.6 Å². The van der Waals surface area contributed by atoms with Crippen molar-refractivity contribution in [1.29, 1.82) is 0 Å². The third-order valence-corrected chi connectivity index (χ3v) is 2.71. The predicted octanol–water partition coefficient (Wildman–Crippen LogP) is 3.10. The molecule has 1 atom stereocenters. The molecule has 19 heavy (non-hydrogen) atoms. The van der Waals surface area contributed by atoms with E-state index < -0.39 is 0 Å². The zero-order valence-corrected chi connectivity index (χ0v) is 12.2. The number of hydrogen-bond acceptors (Lipinski definition) is 2. The number of urea groups is 1. The van der Waals surface area contributed by atoms with Crippen molar-refractivity contribution in [2.75, 3.05) is 13.2 Å². The molecule has 2 amide bonds. The molecule has 0 radical (unpaired) electrons. The zero-order valence-electron chi connectivity index (χ0n) is 12.2. The van der Waals surface area contributed by atoms with Gasteiger partial charge in [0.25, 0.3) is 0 Å². The van der Waals surface area contributed by atoms with Crippen molar-refractivity contribution in [3.8, 4) is 5.75 Å². The van der Waals surface area contributed by atoms with Gasteiger partial charge in [0.15, 0.2) is 0 Å². The van der Waals surface area contributed by atoms with Gasteiger partial charge in [0.2, 0.25) is 0 Å². The number of rotatable bonds is 6. The molecule has 0 unspecified atom stereocenters. The molecular weight excluding hydrogens is 240 g/mol. The lowest BCUT2D eigenvalue weighted by molar-refractivity contribution is 0.236. The Bertz CT molecular complexity index is 388. The third kappa shape index (κ3) is 5.64. The SMILES string of the molecule is CCOc1ccc([C@H](C)NC(=O)NCC(C)C)cc1. The summed E-state index contributed by atoms with van der Waals surface area (Å²) in [6.45, 7) is 9.39. The van der Waals surface area contributed by atoms with E-state index in [0.717, 1.165) is 11.3 Å². The molecule has 0 aromatic heterocycles. The standard InChI is InChI=1S/C15H24N2O2/c1-5-19-14-8-6-13(7-9-14)12(4)17-15(18)16-10-11(2)3/h6-9,11-12H,5,10H2,1-4H3,(H2,16,17,18)/t12-/m0/s1. The molecule has 1 rings (SSSR count). The minimum Gasteiger partial charge on any atom is -0.494 e. The van der Waals surface area contributed by atoms with Crippen LogP contribution in [0.25, 0.3) is 0 Å². The van der Waals surface area contributed by atoms with Crippen LogP contribution in [0.5, 0.6) is 5.75 Å². The summed E-state index contributed by atoms with van der Waals surface area (Å²) in [4.78, 5) is 11.7. The summed E-state index contributed by atoms with van der Waals surface area (Å²) in [6, 6.07) is 7.63. The van der Waals surface area contributed by atoms with E-state index >= 15 is 0 Å². The number of hydrogen-bond donors (Lipinski definition) is 2. The highest BCUT2D eigenvalue weighted by Gasteiger charge is 2.09. The highest BCUT2D eigenvalue weighted by atomic mass is 16.5. The van der Waals surface area contributed by atoms with Gasteiger partial charge in [0.05, 0.1) is 12.6 Å².